The number of piperazine rings is 1. The van der Waals surface area contributed by atoms with E-state index in [4.69, 9.17) is 4.74 Å². The molecule has 1 rings (SSSR count). The van der Waals surface area contributed by atoms with Gasteiger partial charge in [-0.2, -0.15) is 0 Å². The third-order valence-electron chi connectivity index (χ3n) is 3.27. The highest BCUT2D eigenvalue weighted by molar-refractivity contribution is 5.72. The summed E-state index contributed by atoms with van der Waals surface area (Å²) in [6.45, 7) is 9.21. The molecule has 4 heteroatoms. The lowest BCUT2D eigenvalue weighted by Gasteiger charge is -2.37. The second kappa shape index (κ2) is 5.47. The van der Waals surface area contributed by atoms with Crippen molar-refractivity contribution in [3.63, 3.8) is 0 Å². The van der Waals surface area contributed by atoms with Crippen molar-refractivity contribution in [1.29, 1.82) is 0 Å². The van der Waals surface area contributed by atoms with Gasteiger partial charge < -0.3 is 10.1 Å². The predicted molar refractivity (Wildman–Crippen MR) is 59.7 cm³/mol. The summed E-state index contributed by atoms with van der Waals surface area (Å²) in [5, 5.41) is 3.39. The molecule has 0 bridgehead atoms. The summed E-state index contributed by atoms with van der Waals surface area (Å²) >= 11 is 0. The number of hydrogen-bond donors (Lipinski definition) is 1. The minimum absolute atomic E-state index is 0.0553. The zero-order valence-corrected chi connectivity index (χ0v) is 10.1. The largest absolute Gasteiger partial charge is 0.469 e. The summed E-state index contributed by atoms with van der Waals surface area (Å²) in [6.07, 6.45) is 0. The SMILES string of the molecule is COC(=O)C(C)C(C)N1CCN[C@@H](C)C1. The molecule has 15 heavy (non-hydrogen) atoms. The highest BCUT2D eigenvalue weighted by Crippen LogP contribution is 2.14. The van der Waals surface area contributed by atoms with Gasteiger partial charge in [-0.1, -0.05) is 6.92 Å². The van der Waals surface area contributed by atoms with Gasteiger partial charge in [0.05, 0.1) is 13.0 Å². The van der Waals surface area contributed by atoms with E-state index in [1.807, 2.05) is 6.92 Å². The minimum Gasteiger partial charge on any atom is -0.469 e. The van der Waals surface area contributed by atoms with Gasteiger partial charge in [-0.15, -0.1) is 0 Å². The van der Waals surface area contributed by atoms with Crippen LogP contribution >= 0.6 is 0 Å². The number of ether oxygens (including phenoxy) is 1. The summed E-state index contributed by atoms with van der Waals surface area (Å²) in [7, 11) is 1.45. The van der Waals surface area contributed by atoms with Crippen molar-refractivity contribution in [2.45, 2.75) is 32.9 Å². The number of methoxy groups -OCH3 is 1. The first-order valence-electron chi connectivity index (χ1n) is 5.61. The molecule has 1 fully saturated rings. The number of carbonyl (C=O) groups is 1. The Balaban J connectivity index is 2.51. The number of carbonyl (C=O) groups excluding carboxylic acids is 1. The second-order valence-electron chi connectivity index (χ2n) is 4.40. The summed E-state index contributed by atoms with van der Waals surface area (Å²) in [6, 6.07) is 0.757. The monoisotopic (exact) mass is 214 g/mol. The Kier molecular flexibility index (Phi) is 4.54. The van der Waals surface area contributed by atoms with Crippen LogP contribution < -0.4 is 5.32 Å². The Morgan fingerprint density at radius 1 is 1.53 bits per heavy atom. The van der Waals surface area contributed by atoms with E-state index in [1.54, 1.807) is 0 Å². The van der Waals surface area contributed by atoms with Crippen LogP contribution in [0.4, 0.5) is 0 Å². The van der Waals surface area contributed by atoms with Crippen molar-refractivity contribution in [2.24, 2.45) is 5.92 Å². The van der Waals surface area contributed by atoms with E-state index in [9.17, 15) is 4.79 Å². The number of esters is 1. The fourth-order valence-electron chi connectivity index (χ4n) is 2.03. The van der Waals surface area contributed by atoms with E-state index in [0.29, 0.717) is 6.04 Å². The molecule has 0 amide bonds. The molecule has 4 nitrogen and oxygen atoms in total. The maximum Gasteiger partial charge on any atom is 0.309 e. The average Bonchev–Trinajstić information content (AvgIpc) is 2.26. The van der Waals surface area contributed by atoms with E-state index in [0.717, 1.165) is 19.6 Å². The highest BCUT2D eigenvalue weighted by atomic mass is 16.5. The Morgan fingerprint density at radius 3 is 2.73 bits per heavy atom. The molecule has 3 atom stereocenters. The third kappa shape index (κ3) is 3.18. The molecule has 2 unspecified atom stereocenters. The molecule has 0 aromatic rings. The van der Waals surface area contributed by atoms with Gasteiger partial charge >= 0.3 is 5.97 Å². The average molecular weight is 214 g/mol. The number of rotatable bonds is 3. The van der Waals surface area contributed by atoms with Gasteiger partial charge in [-0.3, -0.25) is 9.69 Å². The number of nitrogens with one attached hydrogen (secondary N) is 1. The Labute approximate surface area is 92.0 Å². The van der Waals surface area contributed by atoms with Crippen LogP contribution in [0.1, 0.15) is 20.8 Å². The first kappa shape index (κ1) is 12.5. The van der Waals surface area contributed by atoms with E-state index < -0.39 is 0 Å². The summed E-state index contributed by atoms with van der Waals surface area (Å²) in [5.41, 5.74) is 0. The predicted octanol–water partition coefficient (Wildman–Crippen LogP) is 0.478. The highest BCUT2D eigenvalue weighted by Gasteiger charge is 2.28. The lowest BCUT2D eigenvalue weighted by molar-refractivity contribution is -0.147. The fourth-order valence-corrected chi connectivity index (χ4v) is 2.03. The molecule has 1 N–H and O–H groups in total. The van der Waals surface area contributed by atoms with Crippen LogP contribution in [0.2, 0.25) is 0 Å². The van der Waals surface area contributed by atoms with Crippen LogP contribution in [0, 0.1) is 5.92 Å². The van der Waals surface area contributed by atoms with Crippen molar-refractivity contribution in [3.8, 4) is 0 Å². The smallest absolute Gasteiger partial charge is 0.309 e. The molecule has 0 spiro atoms. The van der Waals surface area contributed by atoms with Crippen LogP contribution in [0.5, 0.6) is 0 Å². The van der Waals surface area contributed by atoms with Crippen molar-refractivity contribution < 1.29 is 9.53 Å². The summed E-state index contributed by atoms with van der Waals surface area (Å²) in [5.74, 6) is -0.172. The number of nitrogens with zero attached hydrogens (tertiary/aromatic N) is 1. The van der Waals surface area contributed by atoms with Gasteiger partial charge in [-0.05, 0) is 13.8 Å². The van der Waals surface area contributed by atoms with Gasteiger partial charge in [0.25, 0.3) is 0 Å². The molecule has 0 radical (unpaired) electrons. The van der Waals surface area contributed by atoms with Gasteiger partial charge in [-0.25, -0.2) is 0 Å². The van der Waals surface area contributed by atoms with Gasteiger partial charge in [0.2, 0.25) is 0 Å². The lowest BCUT2D eigenvalue weighted by Crippen LogP contribution is -2.54. The Morgan fingerprint density at radius 2 is 2.20 bits per heavy atom. The maximum atomic E-state index is 11.4. The van der Waals surface area contributed by atoms with Crippen molar-refractivity contribution in [1.82, 2.24) is 10.2 Å². The molecule has 88 valence electrons. The molecule has 0 aliphatic carbocycles. The summed E-state index contributed by atoms with van der Waals surface area (Å²) < 4.78 is 4.77. The van der Waals surface area contributed by atoms with E-state index in [-0.39, 0.29) is 17.9 Å². The summed E-state index contributed by atoms with van der Waals surface area (Å²) in [4.78, 5) is 13.8. The fraction of sp³-hybridized carbons (Fsp3) is 0.909. The van der Waals surface area contributed by atoms with E-state index in [1.165, 1.54) is 7.11 Å². The molecular formula is C11H22N2O2. The Bertz CT molecular complexity index is 221. The van der Waals surface area contributed by atoms with Crippen LogP contribution in [0.15, 0.2) is 0 Å². The van der Waals surface area contributed by atoms with Crippen molar-refractivity contribution in [2.75, 3.05) is 26.7 Å². The normalized spacial score (nSPS) is 27.1. The van der Waals surface area contributed by atoms with E-state index in [2.05, 4.69) is 24.1 Å². The zero-order chi connectivity index (χ0) is 11.4. The zero-order valence-electron chi connectivity index (χ0n) is 10.1. The maximum absolute atomic E-state index is 11.4. The molecule has 0 aromatic heterocycles. The topological polar surface area (TPSA) is 41.6 Å². The van der Waals surface area contributed by atoms with Crippen LogP contribution in [-0.2, 0) is 9.53 Å². The molecule has 1 saturated heterocycles. The molecule has 1 heterocycles. The third-order valence-corrected chi connectivity index (χ3v) is 3.27. The minimum atomic E-state index is -0.117. The second-order valence-corrected chi connectivity index (χ2v) is 4.40. The quantitative estimate of drug-likeness (QED) is 0.694. The number of hydrogen-bond acceptors (Lipinski definition) is 4. The first-order chi connectivity index (χ1) is 7.06. The van der Waals surface area contributed by atoms with Gasteiger partial charge in [0, 0.05) is 31.7 Å². The lowest BCUT2D eigenvalue weighted by atomic mass is 10.0. The first-order valence-corrected chi connectivity index (χ1v) is 5.61. The molecule has 0 aromatic carbocycles. The van der Waals surface area contributed by atoms with E-state index >= 15 is 0 Å². The van der Waals surface area contributed by atoms with Crippen LogP contribution in [-0.4, -0.2) is 49.7 Å². The van der Waals surface area contributed by atoms with Gasteiger partial charge in [0.1, 0.15) is 0 Å². The van der Waals surface area contributed by atoms with Crippen LogP contribution in [0.3, 0.4) is 0 Å². The van der Waals surface area contributed by atoms with Crippen molar-refractivity contribution >= 4 is 5.97 Å². The van der Waals surface area contributed by atoms with Crippen molar-refractivity contribution in [3.05, 3.63) is 0 Å². The standard InChI is InChI=1S/C11H22N2O2/c1-8-7-13(6-5-12-8)10(3)9(2)11(14)15-4/h8-10,12H,5-7H2,1-4H3/t8-,9?,10?/m0/s1. The van der Waals surface area contributed by atoms with Crippen LogP contribution in [0.25, 0.3) is 0 Å². The Hall–Kier alpha value is -0.610. The molecule has 1 aliphatic heterocycles. The van der Waals surface area contributed by atoms with Gasteiger partial charge in [0.15, 0.2) is 0 Å². The molecular weight excluding hydrogens is 192 g/mol. The molecule has 0 saturated carbocycles. The molecule has 1 aliphatic rings.